The first-order valence-electron chi connectivity index (χ1n) is 7.44. The number of rotatable bonds is 6. The summed E-state index contributed by atoms with van der Waals surface area (Å²) in [5.41, 5.74) is 1.92. The van der Waals surface area contributed by atoms with E-state index in [1.807, 2.05) is 66.0 Å². The molecule has 1 heterocycles. The van der Waals surface area contributed by atoms with Crippen molar-refractivity contribution in [2.24, 2.45) is 5.16 Å². The Morgan fingerprint density at radius 2 is 1.60 bits per heavy atom. The third kappa shape index (κ3) is 4.31. The molecule has 3 aromatic rings. The van der Waals surface area contributed by atoms with Gasteiger partial charge in [0.05, 0.1) is 10.8 Å². The van der Waals surface area contributed by atoms with Gasteiger partial charge < -0.3 is 5.21 Å². The quantitative estimate of drug-likeness (QED) is 0.198. The van der Waals surface area contributed by atoms with E-state index >= 15 is 0 Å². The number of ketones is 1. The van der Waals surface area contributed by atoms with Gasteiger partial charge in [0.25, 0.3) is 0 Å². The zero-order valence-electron chi connectivity index (χ0n) is 13.1. The highest BCUT2D eigenvalue weighted by Crippen LogP contribution is 2.28. The van der Waals surface area contributed by atoms with Gasteiger partial charge >= 0.3 is 0 Å². The van der Waals surface area contributed by atoms with Gasteiger partial charge in [-0.2, -0.15) is 0 Å². The minimum absolute atomic E-state index is 0.0489. The second-order valence-corrected chi connectivity index (χ2v) is 7.50. The third-order valence-electron chi connectivity index (χ3n) is 3.53. The molecular formula is C19H14ClNO2S2. The number of nitrogens with zero attached hydrogens (tertiary/aromatic N) is 1. The van der Waals surface area contributed by atoms with Crippen LogP contribution >= 0.6 is 34.7 Å². The molecule has 0 saturated heterocycles. The molecule has 0 aliphatic rings. The first-order valence-corrected chi connectivity index (χ1v) is 9.68. The lowest BCUT2D eigenvalue weighted by molar-refractivity contribution is 0.104. The van der Waals surface area contributed by atoms with E-state index in [1.165, 1.54) is 11.3 Å². The van der Waals surface area contributed by atoms with Crippen molar-refractivity contribution in [2.75, 3.05) is 5.88 Å². The summed E-state index contributed by atoms with van der Waals surface area (Å²) < 4.78 is 0. The van der Waals surface area contributed by atoms with Gasteiger partial charge in [-0.25, -0.2) is 0 Å². The number of hydrogen-bond donors (Lipinski definition) is 1. The van der Waals surface area contributed by atoms with Gasteiger partial charge in [-0.05, 0) is 47.8 Å². The van der Waals surface area contributed by atoms with Crippen molar-refractivity contribution >= 4 is 46.2 Å². The van der Waals surface area contributed by atoms with E-state index < -0.39 is 0 Å². The van der Waals surface area contributed by atoms with Crippen LogP contribution in [0.25, 0.3) is 0 Å². The van der Waals surface area contributed by atoms with Gasteiger partial charge in [0, 0.05) is 20.9 Å². The topological polar surface area (TPSA) is 49.7 Å². The normalized spacial score (nSPS) is 11.5. The standard InChI is InChI=1S/C19H14ClNO2S2/c20-12-17(21-23)13-3-7-15(8-4-13)25-16-9-5-14(6-10-16)19(22)18-2-1-11-24-18/h1-11,23H,12H2/b21-17+. The van der Waals surface area contributed by atoms with E-state index in [0.717, 1.165) is 20.2 Å². The first-order chi connectivity index (χ1) is 12.2. The van der Waals surface area contributed by atoms with Crippen molar-refractivity contribution in [1.29, 1.82) is 0 Å². The number of halogens is 1. The SMILES string of the molecule is O=C(c1ccc(Sc2ccc(/C(CCl)=N/O)cc2)cc1)c1cccs1. The smallest absolute Gasteiger partial charge is 0.202 e. The molecule has 0 aliphatic carbocycles. The van der Waals surface area contributed by atoms with Crippen LogP contribution in [0.15, 0.2) is 81.0 Å². The Morgan fingerprint density at radius 3 is 2.08 bits per heavy atom. The van der Waals surface area contributed by atoms with Crippen LogP contribution in [0.5, 0.6) is 0 Å². The van der Waals surface area contributed by atoms with E-state index in [-0.39, 0.29) is 11.7 Å². The van der Waals surface area contributed by atoms with Crippen molar-refractivity contribution in [3.05, 3.63) is 82.0 Å². The Hall–Kier alpha value is -2.08. The van der Waals surface area contributed by atoms with E-state index in [4.69, 9.17) is 16.8 Å². The number of carbonyl (C=O) groups excluding carboxylic acids is 1. The second kappa shape index (κ2) is 8.34. The Bertz CT molecular complexity index is 873. The molecule has 0 bridgehead atoms. The molecule has 2 aromatic carbocycles. The molecule has 0 radical (unpaired) electrons. The summed E-state index contributed by atoms with van der Waals surface area (Å²) in [6.45, 7) is 0. The number of benzene rings is 2. The average molecular weight is 388 g/mol. The Labute approximate surface area is 159 Å². The predicted molar refractivity (Wildman–Crippen MR) is 104 cm³/mol. The summed E-state index contributed by atoms with van der Waals surface area (Å²) in [5.74, 6) is 0.204. The van der Waals surface area contributed by atoms with Crippen LogP contribution in [0.1, 0.15) is 20.8 Å². The van der Waals surface area contributed by atoms with Crippen LogP contribution in [0.3, 0.4) is 0 Å². The van der Waals surface area contributed by atoms with E-state index in [0.29, 0.717) is 11.3 Å². The summed E-state index contributed by atoms with van der Waals surface area (Å²) in [4.78, 5) is 15.1. The average Bonchev–Trinajstić information content (AvgIpc) is 3.19. The minimum atomic E-state index is 0.0489. The molecule has 0 fully saturated rings. The predicted octanol–water partition coefficient (Wildman–Crippen LogP) is 5.55. The molecule has 0 saturated carbocycles. The molecule has 3 nitrogen and oxygen atoms in total. The molecule has 1 N–H and O–H groups in total. The molecule has 6 heteroatoms. The largest absolute Gasteiger partial charge is 0.411 e. The summed E-state index contributed by atoms with van der Waals surface area (Å²) in [5, 5.41) is 14.0. The lowest BCUT2D eigenvalue weighted by Gasteiger charge is -2.05. The number of oxime groups is 1. The van der Waals surface area contributed by atoms with Crippen LogP contribution in [-0.2, 0) is 0 Å². The fraction of sp³-hybridized carbons (Fsp3) is 0.0526. The van der Waals surface area contributed by atoms with E-state index in [2.05, 4.69) is 5.16 Å². The highest BCUT2D eigenvalue weighted by Gasteiger charge is 2.10. The lowest BCUT2D eigenvalue weighted by Crippen LogP contribution is -2.01. The number of thiophene rings is 1. The van der Waals surface area contributed by atoms with Gasteiger partial charge in [-0.15, -0.1) is 22.9 Å². The summed E-state index contributed by atoms with van der Waals surface area (Å²) in [6.07, 6.45) is 0. The molecule has 0 amide bonds. The number of alkyl halides is 1. The highest BCUT2D eigenvalue weighted by molar-refractivity contribution is 7.99. The molecular weight excluding hydrogens is 374 g/mol. The summed E-state index contributed by atoms with van der Waals surface area (Å²) >= 11 is 8.77. The molecule has 0 atom stereocenters. The van der Waals surface area contributed by atoms with Crippen LogP contribution in [0.4, 0.5) is 0 Å². The fourth-order valence-electron chi connectivity index (χ4n) is 2.24. The first kappa shape index (κ1) is 17.7. The van der Waals surface area contributed by atoms with Crippen molar-refractivity contribution in [1.82, 2.24) is 0 Å². The number of carbonyl (C=O) groups is 1. The monoisotopic (exact) mass is 387 g/mol. The zero-order chi connectivity index (χ0) is 17.6. The maximum atomic E-state index is 12.3. The fourth-order valence-corrected chi connectivity index (χ4v) is 3.95. The molecule has 0 aliphatic heterocycles. The molecule has 25 heavy (non-hydrogen) atoms. The molecule has 3 rings (SSSR count). The van der Waals surface area contributed by atoms with Gasteiger partial charge in [0.2, 0.25) is 5.78 Å². The lowest BCUT2D eigenvalue weighted by atomic mass is 10.1. The minimum Gasteiger partial charge on any atom is -0.411 e. The Morgan fingerprint density at radius 1 is 1.00 bits per heavy atom. The van der Waals surface area contributed by atoms with E-state index in [1.54, 1.807) is 11.8 Å². The Balaban J connectivity index is 1.70. The summed E-state index contributed by atoms with van der Waals surface area (Å²) in [6, 6.07) is 18.9. The molecule has 0 spiro atoms. The second-order valence-electron chi connectivity index (χ2n) is 5.14. The van der Waals surface area contributed by atoms with Crippen molar-refractivity contribution in [2.45, 2.75) is 9.79 Å². The third-order valence-corrected chi connectivity index (χ3v) is 5.67. The zero-order valence-corrected chi connectivity index (χ0v) is 15.4. The van der Waals surface area contributed by atoms with Crippen LogP contribution < -0.4 is 0 Å². The van der Waals surface area contributed by atoms with Crippen molar-refractivity contribution in [3.8, 4) is 0 Å². The van der Waals surface area contributed by atoms with Gasteiger partial charge in [0.15, 0.2) is 0 Å². The summed E-state index contributed by atoms with van der Waals surface area (Å²) in [7, 11) is 0. The van der Waals surface area contributed by atoms with Crippen LogP contribution in [0.2, 0.25) is 0 Å². The van der Waals surface area contributed by atoms with Gasteiger partial charge in [0.1, 0.15) is 5.71 Å². The van der Waals surface area contributed by atoms with Crippen molar-refractivity contribution < 1.29 is 10.0 Å². The van der Waals surface area contributed by atoms with Crippen molar-refractivity contribution in [3.63, 3.8) is 0 Å². The van der Waals surface area contributed by atoms with Gasteiger partial charge in [-0.1, -0.05) is 35.1 Å². The van der Waals surface area contributed by atoms with Crippen LogP contribution in [-0.4, -0.2) is 22.6 Å². The molecule has 126 valence electrons. The molecule has 0 unspecified atom stereocenters. The number of hydrogen-bond acceptors (Lipinski definition) is 5. The highest BCUT2D eigenvalue weighted by atomic mass is 35.5. The maximum absolute atomic E-state index is 12.3. The van der Waals surface area contributed by atoms with E-state index in [9.17, 15) is 4.79 Å². The molecule has 1 aromatic heterocycles. The van der Waals surface area contributed by atoms with Crippen LogP contribution in [0, 0.1) is 0 Å². The maximum Gasteiger partial charge on any atom is 0.202 e. The van der Waals surface area contributed by atoms with Gasteiger partial charge in [-0.3, -0.25) is 4.79 Å². The Kier molecular flexibility index (Phi) is 5.91.